The van der Waals surface area contributed by atoms with Gasteiger partial charge in [-0.1, -0.05) is 24.8 Å². The van der Waals surface area contributed by atoms with Gasteiger partial charge in [-0.15, -0.1) is 0 Å². The number of nitrogens with zero attached hydrogens (tertiary/aromatic N) is 1. The molecule has 1 aliphatic heterocycles. The maximum Gasteiger partial charge on any atom is 0.453 e. The van der Waals surface area contributed by atoms with Crippen LogP contribution in [0.25, 0.3) is 12.2 Å². The molecular formula is C35H31F8N3O8S. The molecule has 296 valence electrons. The molecule has 0 fully saturated rings. The summed E-state index contributed by atoms with van der Waals surface area (Å²) in [6.45, 7) is 4.89. The molecule has 4 rings (SSSR count). The van der Waals surface area contributed by atoms with Gasteiger partial charge in [-0.25, -0.2) is 14.3 Å². The third kappa shape index (κ3) is 9.49. The van der Waals surface area contributed by atoms with Gasteiger partial charge in [-0.2, -0.15) is 35.1 Å². The minimum Gasteiger partial charge on any atom is -0.508 e. The number of nitrogens with one attached hydrogen (secondary N) is 2. The van der Waals surface area contributed by atoms with Crippen LogP contribution in [0.2, 0.25) is 0 Å². The van der Waals surface area contributed by atoms with Crippen LogP contribution in [0.4, 0.5) is 40.8 Å². The number of carbonyl (C=O) groups excluding carboxylic acids is 2. The number of fused-ring (bicyclic) bond motifs is 2. The van der Waals surface area contributed by atoms with Crippen molar-refractivity contribution in [3.8, 4) is 17.2 Å². The number of carboxylic acids is 1. The van der Waals surface area contributed by atoms with E-state index in [0.29, 0.717) is 27.3 Å². The van der Waals surface area contributed by atoms with Crippen molar-refractivity contribution < 1.29 is 73.9 Å². The Morgan fingerprint density at radius 2 is 1.47 bits per heavy atom. The second kappa shape index (κ2) is 16.2. The van der Waals surface area contributed by atoms with E-state index in [9.17, 15) is 59.7 Å². The molecule has 0 aliphatic carbocycles. The van der Waals surface area contributed by atoms with Gasteiger partial charge >= 0.3 is 36.3 Å². The minimum absolute atomic E-state index is 0.0965. The molecular weight excluding hydrogens is 774 g/mol. The number of ether oxygens (including phenoxy) is 3. The number of halogens is 8. The van der Waals surface area contributed by atoms with Crippen molar-refractivity contribution in [2.24, 2.45) is 0 Å². The molecule has 1 aliphatic rings. The van der Waals surface area contributed by atoms with E-state index >= 15 is 0 Å². The summed E-state index contributed by atoms with van der Waals surface area (Å²) >= 11 is 5.13. The first-order chi connectivity index (χ1) is 25.5. The lowest BCUT2D eigenvalue weighted by atomic mass is 9.89. The highest BCUT2D eigenvalue weighted by Gasteiger charge is 2.69. The van der Waals surface area contributed by atoms with Crippen molar-refractivity contribution in [1.29, 1.82) is 0 Å². The molecule has 4 N–H and O–H groups in total. The van der Waals surface area contributed by atoms with Gasteiger partial charge in [-0.3, -0.25) is 9.59 Å². The maximum absolute atomic E-state index is 14.2. The number of benzene rings is 3. The van der Waals surface area contributed by atoms with E-state index < -0.39 is 68.0 Å². The van der Waals surface area contributed by atoms with E-state index in [1.54, 1.807) is 24.3 Å². The molecule has 3 aromatic rings. The number of carbonyl (C=O) groups is 3. The van der Waals surface area contributed by atoms with Gasteiger partial charge in [0.1, 0.15) is 17.2 Å². The standard InChI is InChI=1S/C35H31F8N3O8S/c1-4-46(5-2)30(51)33(38,39)54-35(42,43)34(40,41)53-32(36,37)27(48)7-6-14-44-31(55)45-19-9-12-21(24(16-19)29(49)50)28-22-11-8-18(3)15-25(22)52-26-17-20(47)10-13-23(26)28/h8-13,15-17,47H,3-7,14H2,1-2H3,(H,49,50)(H2,44,45,55). The number of rotatable bonds is 16. The number of likely N-dealkylation sites (N-methyl/N-ethyl adjacent to an activating group) is 1. The normalized spacial score (nSPS) is 12.9. The molecule has 0 atom stereocenters. The number of phenols is 1. The largest absolute Gasteiger partial charge is 0.508 e. The number of hydrogen-bond acceptors (Lipinski definition) is 8. The van der Waals surface area contributed by atoms with Crippen molar-refractivity contribution in [2.75, 3.05) is 25.0 Å². The summed E-state index contributed by atoms with van der Waals surface area (Å²) in [4.78, 5) is 36.4. The van der Waals surface area contributed by atoms with Crippen LogP contribution in [0.15, 0.2) is 54.6 Å². The first-order valence-corrected chi connectivity index (χ1v) is 16.5. The average molecular weight is 806 g/mol. The fraction of sp³-hybridized carbons (Fsp3) is 0.314. The second-order valence-electron chi connectivity index (χ2n) is 11.7. The molecule has 0 radical (unpaired) electrons. The Bertz CT molecular complexity index is 2110. The monoisotopic (exact) mass is 805 g/mol. The van der Waals surface area contributed by atoms with Gasteiger partial charge in [-0.05, 0) is 73.6 Å². The third-order valence-electron chi connectivity index (χ3n) is 7.89. The lowest BCUT2D eigenvalue weighted by Gasteiger charge is -2.31. The SMILES string of the molecule is C=c1ccc2c(c1)Oc1cc(O)ccc1C=2c1ccc(NC(=S)NCCCC(=O)C(F)(F)OC(F)(F)C(F)(F)OC(F)(F)C(=O)N(CC)CC)cc1C(=O)O. The van der Waals surface area contributed by atoms with Crippen molar-refractivity contribution in [1.82, 2.24) is 10.2 Å². The Morgan fingerprint density at radius 3 is 2.09 bits per heavy atom. The topological polar surface area (TPSA) is 147 Å². The Hall–Kier alpha value is -5.34. The molecule has 1 heterocycles. The first kappa shape index (κ1) is 42.4. The molecule has 11 nitrogen and oxygen atoms in total. The summed E-state index contributed by atoms with van der Waals surface area (Å²) in [5.41, 5.74) is 1.12. The summed E-state index contributed by atoms with van der Waals surface area (Å²) in [5, 5.41) is 26.3. The van der Waals surface area contributed by atoms with Crippen molar-refractivity contribution in [2.45, 2.75) is 51.1 Å². The first-order valence-electron chi connectivity index (χ1n) is 16.0. The van der Waals surface area contributed by atoms with Crippen LogP contribution in [0.1, 0.15) is 48.2 Å². The van der Waals surface area contributed by atoms with E-state index in [2.05, 4.69) is 26.7 Å². The number of Topliss-reactive ketones (excluding diaryl/α,β-unsaturated/α-hetero) is 1. The molecule has 1 amide bonds. The number of anilines is 1. The fourth-order valence-electron chi connectivity index (χ4n) is 5.24. The van der Waals surface area contributed by atoms with E-state index in [0.717, 1.165) is 13.8 Å². The van der Waals surface area contributed by atoms with Gasteiger partial charge in [0.25, 0.3) is 0 Å². The number of aromatic hydroxyl groups is 1. The number of carboxylic acid groups (broad SMARTS) is 1. The molecule has 0 spiro atoms. The third-order valence-corrected chi connectivity index (χ3v) is 8.14. The molecule has 0 saturated heterocycles. The van der Waals surface area contributed by atoms with Crippen LogP contribution in [-0.4, -0.2) is 82.0 Å². The summed E-state index contributed by atoms with van der Waals surface area (Å²) in [6.07, 6.45) is -26.1. The van der Waals surface area contributed by atoms with Crippen LogP contribution in [-0.2, 0) is 19.1 Å². The smallest absolute Gasteiger partial charge is 0.453 e. The highest BCUT2D eigenvalue weighted by atomic mass is 32.1. The summed E-state index contributed by atoms with van der Waals surface area (Å²) in [7, 11) is 0. The molecule has 55 heavy (non-hydrogen) atoms. The zero-order valence-electron chi connectivity index (χ0n) is 28.7. The predicted octanol–water partition coefficient (Wildman–Crippen LogP) is 5.76. The highest BCUT2D eigenvalue weighted by molar-refractivity contribution is 7.80. The number of alkyl halides is 8. The summed E-state index contributed by atoms with van der Waals surface area (Å²) < 4.78 is 123. The Kier molecular flexibility index (Phi) is 12.5. The molecule has 0 saturated carbocycles. The molecule has 3 aromatic carbocycles. The van der Waals surface area contributed by atoms with Gasteiger partial charge in [0.15, 0.2) is 5.11 Å². The number of phenolic OH excluding ortho intramolecular Hbond substituents is 1. The maximum atomic E-state index is 14.2. The Balaban J connectivity index is 1.40. The van der Waals surface area contributed by atoms with Gasteiger partial charge in [0, 0.05) is 54.2 Å². The number of thiocarbonyl (C=S) groups is 1. The zero-order chi connectivity index (χ0) is 41.1. The van der Waals surface area contributed by atoms with E-state index in [4.69, 9.17) is 17.0 Å². The lowest BCUT2D eigenvalue weighted by molar-refractivity contribution is -0.500. The van der Waals surface area contributed by atoms with E-state index in [1.165, 1.54) is 30.3 Å². The van der Waals surface area contributed by atoms with Gasteiger partial charge in [0.05, 0.1) is 5.56 Å². The average Bonchev–Trinajstić information content (AvgIpc) is 3.08. The van der Waals surface area contributed by atoms with Crippen LogP contribution in [0.5, 0.6) is 17.2 Å². The van der Waals surface area contributed by atoms with Gasteiger partial charge < -0.3 is 30.5 Å². The van der Waals surface area contributed by atoms with Crippen LogP contribution < -0.4 is 25.8 Å². The molecule has 20 heteroatoms. The van der Waals surface area contributed by atoms with Crippen LogP contribution >= 0.6 is 12.2 Å². The summed E-state index contributed by atoms with van der Waals surface area (Å²) in [6, 6.07) is 13.5. The van der Waals surface area contributed by atoms with E-state index in [-0.39, 0.29) is 44.9 Å². The number of aromatic carboxylic acids is 1. The number of ketones is 1. The fourth-order valence-corrected chi connectivity index (χ4v) is 5.46. The number of amides is 1. The van der Waals surface area contributed by atoms with Crippen molar-refractivity contribution in [3.05, 3.63) is 81.7 Å². The molecule has 0 aromatic heterocycles. The zero-order valence-corrected chi connectivity index (χ0v) is 29.5. The van der Waals surface area contributed by atoms with Crippen molar-refractivity contribution >= 4 is 52.8 Å². The Morgan fingerprint density at radius 1 is 0.855 bits per heavy atom. The van der Waals surface area contributed by atoms with Crippen LogP contribution in [0, 0.1) is 0 Å². The predicted molar refractivity (Wildman–Crippen MR) is 183 cm³/mol. The molecule has 0 bridgehead atoms. The molecule has 0 unspecified atom stereocenters. The highest BCUT2D eigenvalue weighted by Crippen LogP contribution is 2.44. The van der Waals surface area contributed by atoms with Gasteiger partial charge in [0.2, 0.25) is 5.78 Å². The Labute approximate surface area is 311 Å². The minimum atomic E-state index is -6.51. The lowest BCUT2D eigenvalue weighted by Crippen LogP contribution is -2.56. The quantitative estimate of drug-likeness (QED) is 0.0623. The summed E-state index contributed by atoms with van der Waals surface area (Å²) in [5.74, 6) is -5.71. The second-order valence-corrected chi connectivity index (χ2v) is 12.1. The van der Waals surface area contributed by atoms with Crippen LogP contribution in [0.3, 0.4) is 0 Å². The number of hydrogen-bond donors (Lipinski definition) is 4. The van der Waals surface area contributed by atoms with E-state index in [1.807, 2.05) is 0 Å². The van der Waals surface area contributed by atoms with Crippen molar-refractivity contribution in [3.63, 3.8) is 0 Å².